The quantitative estimate of drug-likeness (QED) is 0.919. The average Bonchev–Trinajstić information content (AvgIpc) is 2.40. The number of hydrogen-bond donors (Lipinski definition) is 1. The van der Waals surface area contributed by atoms with E-state index in [0.717, 1.165) is 16.7 Å². The molecule has 3 nitrogen and oxygen atoms in total. The molecule has 0 spiro atoms. The van der Waals surface area contributed by atoms with Gasteiger partial charge in [-0.1, -0.05) is 53.6 Å². The molecule has 2 N–H and O–H groups in total. The van der Waals surface area contributed by atoms with Crippen LogP contribution in [0.1, 0.15) is 22.3 Å². The van der Waals surface area contributed by atoms with Crippen molar-refractivity contribution in [2.24, 2.45) is 5.73 Å². The molecule has 0 aliphatic rings. The summed E-state index contributed by atoms with van der Waals surface area (Å²) in [5, 5.41) is 0.450. The van der Waals surface area contributed by atoms with Crippen LogP contribution < -0.4 is 5.73 Å². The number of benzene rings is 2. The van der Waals surface area contributed by atoms with E-state index < -0.39 is 9.84 Å². The SMILES string of the molecule is Cc1cccc(CS(=O)(=O)Cc2ccc(CN)cc2Cl)c1. The minimum atomic E-state index is -3.26. The molecule has 0 fully saturated rings. The lowest BCUT2D eigenvalue weighted by Gasteiger charge is -2.08. The topological polar surface area (TPSA) is 60.2 Å². The number of hydrogen-bond acceptors (Lipinski definition) is 3. The summed E-state index contributed by atoms with van der Waals surface area (Å²) in [6.07, 6.45) is 0. The van der Waals surface area contributed by atoms with Gasteiger partial charge in [-0.2, -0.15) is 0 Å². The molecule has 0 atom stereocenters. The van der Waals surface area contributed by atoms with E-state index in [4.69, 9.17) is 17.3 Å². The first-order chi connectivity index (χ1) is 9.89. The fourth-order valence-electron chi connectivity index (χ4n) is 2.18. The highest BCUT2D eigenvalue weighted by molar-refractivity contribution is 7.89. The monoisotopic (exact) mass is 323 g/mol. The zero-order valence-corrected chi connectivity index (χ0v) is 13.4. The highest BCUT2D eigenvalue weighted by atomic mass is 35.5. The Balaban J connectivity index is 2.18. The van der Waals surface area contributed by atoms with E-state index in [9.17, 15) is 8.42 Å². The highest BCUT2D eigenvalue weighted by Gasteiger charge is 2.15. The summed E-state index contributed by atoms with van der Waals surface area (Å²) in [4.78, 5) is 0. The van der Waals surface area contributed by atoms with Gasteiger partial charge < -0.3 is 5.73 Å². The maximum atomic E-state index is 12.3. The second-order valence-corrected chi connectivity index (χ2v) is 7.62. The van der Waals surface area contributed by atoms with E-state index >= 15 is 0 Å². The molecule has 21 heavy (non-hydrogen) atoms. The van der Waals surface area contributed by atoms with Crippen molar-refractivity contribution in [2.75, 3.05) is 0 Å². The number of rotatable bonds is 5. The first-order valence-corrected chi connectivity index (χ1v) is 8.83. The largest absolute Gasteiger partial charge is 0.326 e. The van der Waals surface area contributed by atoms with Crippen molar-refractivity contribution in [1.29, 1.82) is 0 Å². The lowest BCUT2D eigenvalue weighted by Crippen LogP contribution is -2.08. The van der Waals surface area contributed by atoms with Crippen molar-refractivity contribution in [3.05, 3.63) is 69.7 Å². The summed E-state index contributed by atoms with van der Waals surface area (Å²) < 4.78 is 24.6. The maximum absolute atomic E-state index is 12.3. The number of sulfone groups is 1. The molecule has 0 saturated heterocycles. The molecule has 0 aliphatic heterocycles. The third-order valence-electron chi connectivity index (χ3n) is 3.20. The molecule has 0 unspecified atom stereocenters. The molecule has 0 heterocycles. The Bertz CT molecular complexity index is 742. The van der Waals surface area contributed by atoms with Gasteiger partial charge >= 0.3 is 0 Å². The Morgan fingerprint density at radius 3 is 2.43 bits per heavy atom. The Labute approximate surface area is 130 Å². The van der Waals surface area contributed by atoms with Crippen LogP contribution in [0.4, 0.5) is 0 Å². The minimum Gasteiger partial charge on any atom is -0.326 e. The predicted octanol–water partition coefficient (Wildman–Crippen LogP) is 3.22. The van der Waals surface area contributed by atoms with Crippen LogP contribution >= 0.6 is 11.6 Å². The fourth-order valence-corrected chi connectivity index (χ4v) is 4.04. The summed E-state index contributed by atoms with van der Waals surface area (Å²) in [5.41, 5.74) is 8.88. The minimum absolute atomic E-state index is 0.0175. The smallest absolute Gasteiger partial charge is 0.158 e. The van der Waals surface area contributed by atoms with Gasteiger partial charge in [0.15, 0.2) is 9.84 Å². The number of nitrogens with two attached hydrogens (primary N) is 1. The molecular weight excluding hydrogens is 306 g/mol. The Kier molecular flexibility index (Phi) is 5.04. The first kappa shape index (κ1) is 16.0. The first-order valence-electron chi connectivity index (χ1n) is 6.63. The van der Waals surface area contributed by atoms with Crippen molar-refractivity contribution in [3.63, 3.8) is 0 Å². The average molecular weight is 324 g/mol. The van der Waals surface area contributed by atoms with Gasteiger partial charge in [-0.25, -0.2) is 8.42 Å². The van der Waals surface area contributed by atoms with Gasteiger partial charge in [0.25, 0.3) is 0 Å². The van der Waals surface area contributed by atoms with Crippen molar-refractivity contribution in [1.82, 2.24) is 0 Å². The fraction of sp³-hybridized carbons (Fsp3) is 0.250. The Hall–Kier alpha value is -1.36. The van der Waals surface area contributed by atoms with Crippen LogP contribution in [0.2, 0.25) is 5.02 Å². The van der Waals surface area contributed by atoms with E-state index in [1.807, 2.05) is 37.3 Å². The normalized spacial score (nSPS) is 11.6. The summed E-state index contributed by atoms with van der Waals surface area (Å²) in [6, 6.07) is 12.8. The van der Waals surface area contributed by atoms with Crippen LogP contribution in [-0.2, 0) is 27.9 Å². The lowest BCUT2D eigenvalue weighted by molar-refractivity contribution is 0.594. The Morgan fingerprint density at radius 2 is 1.81 bits per heavy atom. The third kappa shape index (κ3) is 4.56. The summed E-state index contributed by atoms with van der Waals surface area (Å²) >= 11 is 6.12. The number of halogens is 1. The molecule has 0 radical (unpaired) electrons. The standard InChI is InChI=1S/C16H18ClNO2S/c1-12-3-2-4-14(7-12)10-21(19,20)11-15-6-5-13(9-18)8-16(15)17/h2-8H,9-11,18H2,1H3. The maximum Gasteiger partial charge on any atom is 0.158 e. The molecule has 2 aromatic carbocycles. The van der Waals surface area contributed by atoms with Gasteiger partial charge in [-0.3, -0.25) is 0 Å². The third-order valence-corrected chi connectivity index (χ3v) is 5.07. The summed E-state index contributed by atoms with van der Waals surface area (Å²) in [5.74, 6) is -0.0473. The van der Waals surface area contributed by atoms with E-state index in [0.29, 0.717) is 17.1 Å². The van der Waals surface area contributed by atoms with Crippen LogP contribution in [-0.4, -0.2) is 8.42 Å². The van der Waals surface area contributed by atoms with Gasteiger partial charge in [0, 0.05) is 11.6 Å². The van der Waals surface area contributed by atoms with E-state index in [-0.39, 0.29) is 11.5 Å². The molecular formula is C16H18ClNO2S. The molecule has 0 bridgehead atoms. The molecule has 112 valence electrons. The van der Waals surface area contributed by atoms with Gasteiger partial charge in [0.2, 0.25) is 0 Å². The molecule has 2 aromatic rings. The predicted molar refractivity (Wildman–Crippen MR) is 86.9 cm³/mol. The Morgan fingerprint density at radius 1 is 1.05 bits per heavy atom. The van der Waals surface area contributed by atoms with Crippen molar-refractivity contribution in [2.45, 2.75) is 25.0 Å². The molecule has 0 aromatic heterocycles. The zero-order valence-electron chi connectivity index (χ0n) is 11.8. The molecule has 0 amide bonds. The van der Waals surface area contributed by atoms with E-state index in [1.54, 1.807) is 12.1 Å². The van der Waals surface area contributed by atoms with Crippen LogP contribution in [0, 0.1) is 6.92 Å². The zero-order chi connectivity index (χ0) is 15.5. The van der Waals surface area contributed by atoms with Crippen molar-refractivity contribution in [3.8, 4) is 0 Å². The molecule has 5 heteroatoms. The van der Waals surface area contributed by atoms with Crippen LogP contribution in [0.3, 0.4) is 0 Å². The molecule has 0 saturated carbocycles. The molecule has 2 rings (SSSR count). The van der Waals surface area contributed by atoms with Gasteiger partial charge in [0.1, 0.15) is 0 Å². The van der Waals surface area contributed by atoms with Crippen LogP contribution in [0.5, 0.6) is 0 Å². The summed E-state index contributed by atoms with van der Waals surface area (Å²) in [7, 11) is -3.26. The van der Waals surface area contributed by atoms with Crippen LogP contribution in [0.15, 0.2) is 42.5 Å². The van der Waals surface area contributed by atoms with Gasteiger partial charge in [-0.05, 0) is 29.7 Å². The highest BCUT2D eigenvalue weighted by Crippen LogP contribution is 2.22. The van der Waals surface area contributed by atoms with E-state index in [2.05, 4.69) is 0 Å². The molecule has 0 aliphatic carbocycles. The van der Waals surface area contributed by atoms with E-state index in [1.165, 1.54) is 0 Å². The van der Waals surface area contributed by atoms with Crippen LogP contribution in [0.25, 0.3) is 0 Å². The van der Waals surface area contributed by atoms with Gasteiger partial charge in [0.05, 0.1) is 11.5 Å². The second kappa shape index (κ2) is 6.60. The van der Waals surface area contributed by atoms with Crippen molar-refractivity contribution >= 4 is 21.4 Å². The lowest BCUT2D eigenvalue weighted by atomic mass is 10.1. The summed E-state index contributed by atoms with van der Waals surface area (Å²) in [6.45, 7) is 2.33. The number of aryl methyl sites for hydroxylation is 1. The second-order valence-electron chi connectivity index (χ2n) is 5.15. The van der Waals surface area contributed by atoms with Gasteiger partial charge in [-0.15, -0.1) is 0 Å². The van der Waals surface area contributed by atoms with Crippen molar-refractivity contribution < 1.29 is 8.42 Å².